The van der Waals surface area contributed by atoms with Gasteiger partial charge in [-0.25, -0.2) is 0 Å². The normalized spacial score (nSPS) is 12.8. The summed E-state index contributed by atoms with van der Waals surface area (Å²) in [5.74, 6) is 0.548. The Labute approximate surface area is 78.3 Å². The van der Waals surface area contributed by atoms with Crippen molar-refractivity contribution in [3.8, 4) is 0 Å². The molecule has 0 heterocycles. The van der Waals surface area contributed by atoms with Gasteiger partial charge in [-0.05, 0) is 12.5 Å². The van der Waals surface area contributed by atoms with E-state index in [0.717, 1.165) is 0 Å². The number of benzene rings is 1. The van der Waals surface area contributed by atoms with Crippen LogP contribution in [0, 0.1) is 0 Å². The van der Waals surface area contributed by atoms with E-state index in [1.807, 2.05) is 37.3 Å². The molecule has 0 bridgehead atoms. The number of halogens is 1. The summed E-state index contributed by atoms with van der Waals surface area (Å²) in [5.41, 5.74) is 1.19. The summed E-state index contributed by atoms with van der Waals surface area (Å²) >= 11 is 5.59. The fourth-order valence-corrected chi connectivity index (χ4v) is 0.946. The topological polar surface area (TPSA) is 9.23 Å². The van der Waals surface area contributed by atoms with E-state index in [2.05, 4.69) is 0 Å². The Morgan fingerprint density at radius 1 is 1.33 bits per heavy atom. The molecule has 0 fully saturated rings. The van der Waals surface area contributed by atoms with Gasteiger partial charge >= 0.3 is 0 Å². The second-order valence-electron chi connectivity index (χ2n) is 2.76. The summed E-state index contributed by atoms with van der Waals surface area (Å²) in [6.45, 7) is 2.62. The predicted molar refractivity (Wildman–Crippen MR) is 51.4 cm³/mol. The Kier molecular flexibility index (Phi) is 4.12. The first-order valence-corrected chi connectivity index (χ1v) is 4.58. The summed E-state index contributed by atoms with van der Waals surface area (Å²) in [4.78, 5) is 0. The van der Waals surface area contributed by atoms with Gasteiger partial charge in [-0.2, -0.15) is 0 Å². The van der Waals surface area contributed by atoms with Crippen LogP contribution in [0.2, 0.25) is 0 Å². The summed E-state index contributed by atoms with van der Waals surface area (Å²) in [6.07, 6.45) is 0.131. The van der Waals surface area contributed by atoms with Gasteiger partial charge < -0.3 is 4.74 Å². The molecule has 0 aromatic heterocycles. The van der Waals surface area contributed by atoms with Gasteiger partial charge in [0.15, 0.2) is 0 Å². The molecule has 66 valence electrons. The van der Waals surface area contributed by atoms with Gasteiger partial charge in [0.1, 0.15) is 0 Å². The summed E-state index contributed by atoms with van der Waals surface area (Å²) in [7, 11) is 0. The number of alkyl halides is 1. The van der Waals surface area contributed by atoms with Crippen LogP contribution in [-0.2, 0) is 11.3 Å². The highest BCUT2D eigenvalue weighted by Gasteiger charge is 1.98. The van der Waals surface area contributed by atoms with Crippen LogP contribution in [0.5, 0.6) is 0 Å². The molecule has 0 amide bonds. The van der Waals surface area contributed by atoms with Crippen LogP contribution in [0.1, 0.15) is 12.5 Å². The van der Waals surface area contributed by atoms with Crippen molar-refractivity contribution in [3.63, 3.8) is 0 Å². The highest BCUT2D eigenvalue weighted by atomic mass is 35.5. The average Bonchev–Trinajstić information content (AvgIpc) is 2.16. The Balaban J connectivity index is 2.33. The molecule has 0 aliphatic heterocycles. The van der Waals surface area contributed by atoms with Crippen LogP contribution in [0.25, 0.3) is 0 Å². The quantitative estimate of drug-likeness (QED) is 0.654. The van der Waals surface area contributed by atoms with E-state index in [4.69, 9.17) is 16.3 Å². The van der Waals surface area contributed by atoms with Gasteiger partial charge in [0.05, 0.1) is 12.7 Å². The molecule has 1 nitrogen and oxygen atoms in total. The Morgan fingerprint density at radius 2 is 2.00 bits per heavy atom. The molecular formula is C10H13ClO. The SMILES string of the molecule is CC(CCl)OCc1ccccc1. The summed E-state index contributed by atoms with van der Waals surface area (Å²) < 4.78 is 5.45. The van der Waals surface area contributed by atoms with E-state index in [9.17, 15) is 0 Å². The molecule has 0 saturated carbocycles. The minimum Gasteiger partial charge on any atom is -0.373 e. The molecule has 0 spiro atoms. The Morgan fingerprint density at radius 3 is 2.58 bits per heavy atom. The number of hydrogen-bond donors (Lipinski definition) is 0. The molecule has 0 radical (unpaired) electrons. The van der Waals surface area contributed by atoms with Gasteiger partial charge in [0, 0.05) is 5.88 Å². The maximum atomic E-state index is 5.59. The molecular weight excluding hydrogens is 172 g/mol. The van der Waals surface area contributed by atoms with E-state index in [1.54, 1.807) is 0 Å². The predicted octanol–water partition coefficient (Wildman–Crippen LogP) is 2.83. The fourth-order valence-electron chi connectivity index (χ4n) is 0.857. The zero-order chi connectivity index (χ0) is 8.81. The Bertz CT molecular complexity index is 210. The van der Waals surface area contributed by atoms with Crippen molar-refractivity contribution in [3.05, 3.63) is 35.9 Å². The molecule has 1 aromatic rings. The lowest BCUT2D eigenvalue weighted by atomic mass is 10.2. The molecule has 0 aliphatic carbocycles. The van der Waals surface area contributed by atoms with Gasteiger partial charge in [-0.15, -0.1) is 11.6 Å². The second kappa shape index (κ2) is 5.18. The molecule has 2 heteroatoms. The van der Waals surface area contributed by atoms with Crippen molar-refractivity contribution in [2.24, 2.45) is 0 Å². The molecule has 0 saturated heterocycles. The standard InChI is InChI=1S/C10H13ClO/c1-9(7-11)12-8-10-5-3-2-4-6-10/h2-6,9H,7-8H2,1H3. The maximum Gasteiger partial charge on any atom is 0.0721 e. The van der Waals surface area contributed by atoms with Crippen LogP contribution >= 0.6 is 11.6 Å². The van der Waals surface area contributed by atoms with E-state index < -0.39 is 0 Å². The fraction of sp³-hybridized carbons (Fsp3) is 0.400. The van der Waals surface area contributed by atoms with Crippen molar-refractivity contribution < 1.29 is 4.74 Å². The van der Waals surface area contributed by atoms with Crippen molar-refractivity contribution in [1.82, 2.24) is 0 Å². The largest absolute Gasteiger partial charge is 0.373 e. The third kappa shape index (κ3) is 3.24. The van der Waals surface area contributed by atoms with Crippen molar-refractivity contribution in [2.75, 3.05) is 5.88 Å². The highest BCUT2D eigenvalue weighted by Crippen LogP contribution is 2.03. The van der Waals surface area contributed by atoms with Gasteiger partial charge in [0.2, 0.25) is 0 Å². The molecule has 0 N–H and O–H groups in total. The van der Waals surface area contributed by atoms with Gasteiger partial charge in [-0.3, -0.25) is 0 Å². The first-order chi connectivity index (χ1) is 5.83. The van der Waals surface area contributed by atoms with E-state index in [0.29, 0.717) is 12.5 Å². The summed E-state index contributed by atoms with van der Waals surface area (Å²) in [6, 6.07) is 10.1. The third-order valence-electron chi connectivity index (χ3n) is 1.59. The minimum atomic E-state index is 0.131. The molecule has 1 atom stereocenters. The average molecular weight is 185 g/mol. The lowest BCUT2D eigenvalue weighted by Crippen LogP contribution is -2.09. The lowest BCUT2D eigenvalue weighted by Gasteiger charge is -2.08. The zero-order valence-electron chi connectivity index (χ0n) is 7.16. The van der Waals surface area contributed by atoms with Gasteiger partial charge in [-0.1, -0.05) is 30.3 Å². The van der Waals surface area contributed by atoms with E-state index in [-0.39, 0.29) is 6.10 Å². The second-order valence-corrected chi connectivity index (χ2v) is 3.07. The van der Waals surface area contributed by atoms with Crippen LogP contribution in [0.3, 0.4) is 0 Å². The van der Waals surface area contributed by atoms with Gasteiger partial charge in [0.25, 0.3) is 0 Å². The first kappa shape index (κ1) is 9.56. The summed E-state index contributed by atoms with van der Waals surface area (Å²) in [5, 5.41) is 0. The van der Waals surface area contributed by atoms with E-state index >= 15 is 0 Å². The lowest BCUT2D eigenvalue weighted by molar-refractivity contribution is 0.0679. The number of hydrogen-bond acceptors (Lipinski definition) is 1. The van der Waals surface area contributed by atoms with Crippen LogP contribution in [0.15, 0.2) is 30.3 Å². The maximum absolute atomic E-state index is 5.59. The van der Waals surface area contributed by atoms with Crippen LogP contribution in [0.4, 0.5) is 0 Å². The highest BCUT2D eigenvalue weighted by molar-refractivity contribution is 6.18. The van der Waals surface area contributed by atoms with Crippen molar-refractivity contribution in [2.45, 2.75) is 19.6 Å². The molecule has 0 aliphatic rings. The molecule has 1 rings (SSSR count). The van der Waals surface area contributed by atoms with Crippen molar-refractivity contribution >= 4 is 11.6 Å². The van der Waals surface area contributed by atoms with E-state index in [1.165, 1.54) is 5.56 Å². The molecule has 12 heavy (non-hydrogen) atoms. The Hall–Kier alpha value is -0.530. The molecule has 1 unspecified atom stereocenters. The smallest absolute Gasteiger partial charge is 0.0721 e. The van der Waals surface area contributed by atoms with Crippen LogP contribution in [-0.4, -0.2) is 12.0 Å². The number of ether oxygens (including phenoxy) is 1. The minimum absolute atomic E-state index is 0.131. The monoisotopic (exact) mass is 184 g/mol. The number of rotatable bonds is 4. The zero-order valence-corrected chi connectivity index (χ0v) is 7.92. The molecule has 1 aromatic carbocycles. The van der Waals surface area contributed by atoms with Crippen molar-refractivity contribution in [1.29, 1.82) is 0 Å². The van der Waals surface area contributed by atoms with Crippen LogP contribution < -0.4 is 0 Å². The first-order valence-electron chi connectivity index (χ1n) is 4.04. The third-order valence-corrected chi connectivity index (χ3v) is 2.03.